The fraction of sp³-hybridized carbons (Fsp3) is 1.00. The molecule has 0 heterocycles. The lowest BCUT2D eigenvalue weighted by Crippen LogP contribution is -2.18. The van der Waals surface area contributed by atoms with Gasteiger partial charge in [0, 0.05) is 0 Å². The zero-order valence-corrected chi connectivity index (χ0v) is 10.1. The summed E-state index contributed by atoms with van der Waals surface area (Å²) in [5.41, 5.74) is 0. The fourth-order valence-electron chi connectivity index (χ4n) is 1.16. The van der Waals surface area contributed by atoms with Crippen molar-refractivity contribution in [3.63, 3.8) is 0 Å². The van der Waals surface area contributed by atoms with Crippen LogP contribution in [0.25, 0.3) is 0 Å². The molecule has 0 atom stereocenters. The van der Waals surface area contributed by atoms with Gasteiger partial charge in [0.15, 0.2) is 0 Å². The molecule has 5 nitrogen and oxygen atoms in total. The van der Waals surface area contributed by atoms with Gasteiger partial charge in [-0.05, 0) is 25.9 Å². The zero-order chi connectivity index (χ0) is 11.6. The summed E-state index contributed by atoms with van der Waals surface area (Å²) in [5.74, 6) is 0. The van der Waals surface area contributed by atoms with Gasteiger partial charge < -0.3 is 5.32 Å². The monoisotopic (exact) mass is 239 g/mol. The molecule has 0 aliphatic carbocycles. The van der Waals surface area contributed by atoms with Crippen LogP contribution in [0.3, 0.4) is 0 Å². The molecule has 6 heteroatoms. The molecular weight excluding hydrogens is 218 g/mol. The van der Waals surface area contributed by atoms with E-state index in [1.54, 1.807) is 0 Å². The predicted molar refractivity (Wildman–Crippen MR) is 59.1 cm³/mol. The summed E-state index contributed by atoms with van der Waals surface area (Å²) in [6.45, 7) is 3.86. The average molecular weight is 239 g/mol. The molecule has 0 rings (SSSR count). The Labute approximate surface area is 92.2 Å². The van der Waals surface area contributed by atoms with Crippen molar-refractivity contribution >= 4 is 10.4 Å². The maximum absolute atomic E-state index is 10.2. The summed E-state index contributed by atoms with van der Waals surface area (Å²) in [6, 6.07) is 0. The minimum absolute atomic E-state index is 0.0286. The molecule has 15 heavy (non-hydrogen) atoms. The van der Waals surface area contributed by atoms with Gasteiger partial charge in [0.2, 0.25) is 0 Å². The molecular formula is C9H21NO4S. The highest BCUT2D eigenvalue weighted by Crippen LogP contribution is 1.97. The lowest BCUT2D eigenvalue weighted by atomic mass is 10.2. The molecule has 2 N–H and O–H groups in total. The van der Waals surface area contributed by atoms with E-state index in [9.17, 15) is 8.42 Å². The highest BCUT2D eigenvalue weighted by Gasteiger charge is 2.02. The quantitative estimate of drug-likeness (QED) is 0.445. The smallest absolute Gasteiger partial charge is 0.317 e. The Kier molecular flexibility index (Phi) is 8.98. The van der Waals surface area contributed by atoms with Gasteiger partial charge in [0.05, 0.1) is 6.61 Å². The second kappa shape index (κ2) is 9.08. The average Bonchev–Trinajstić information content (AvgIpc) is 2.14. The van der Waals surface area contributed by atoms with Crippen LogP contribution >= 0.6 is 0 Å². The third-order valence-electron chi connectivity index (χ3n) is 1.94. The fourth-order valence-corrected chi connectivity index (χ4v) is 1.49. The Morgan fingerprint density at radius 1 is 1.13 bits per heavy atom. The molecule has 0 saturated carbocycles. The van der Waals surface area contributed by atoms with Crippen LogP contribution in [0, 0.1) is 0 Å². The largest absolute Gasteiger partial charge is 0.397 e. The minimum Gasteiger partial charge on any atom is -0.317 e. The van der Waals surface area contributed by atoms with Crippen LogP contribution in [-0.2, 0) is 14.6 Å². The number of rotatable bonds is 10. The third kappa shape index (κ3) is 13.8. The molecule has 0 spiro atoms. The Bertz CT molecular complexity index is 228. The van der Waals surface area contributed by atoms with E-state index >= 15 is 0 Å². The first-order valence-electron chi connectivity index (χ1n) is 5.39. The Balaban J connectivity index is 3.06. The van der Waals surface area contributed by atoms with Crippen LogP contribution in [0.4, 0.5) is 0 Å². The molecule has 0 radical (unpaired) electrons. The lowest BCUT2D eigenvalue weighted by Gasteiger charge is -2.03. The summed E-state index contributed by atoms with van der Waals surface area (Å²) >= 11 is 0. The van der Waals surface area contributed by atoms with Crippen molar-refractivity contribution in [3.8, 4) is 0 Å². The first kappa shape index (κ1) is 14.8. The van der Waals surface area contributed by atoms with Crippen molar-refractivity contribution < 1.29 is 17.2 Å². The molecule has 92 valence electrons. The van der Waals surface area contributed by atoms with Gasteiger partial charge in [-0.1, -0.05) is 26.2 Å². The SMILES string of the molecule is CCCCCCNCCCOS(=O)(=O)O. The van der Waals surface area contributed by atoms with Crippen molar-refractivity contribution in [1.29, 1.82) is 0 Å². The van der Waals surface area contributed by atoms with Crippen LogP contribution < -0.4 is 5.32 Å². The van der Waals surface area contributed by atoms with Crippen LogP contribution in [-0.4, -0.2) is 32.7 Å². The van der Waals surface area contributed by atoms with E-state index < -0.39 is 10.4 Å². The van der Waals surface area contributed by atoms with Crippen molar-refractivity contribution in [3.05, 3.63) is 0 Å². The van der Waals surface area contributed by atoms with Gasteiger partial charge in [0.25, 0.3) is 0 Å². The third-order valence-corrected chi connectivity index (χ3v) is 2.40. The van der Waals surface area contributed by atoms with E-state index in [1.165, 1.54) is 19.3 Å². The molecule has 0 aromatic carbocycles. The molecule has 0 aromatic rings. The van der Waals surface area contributed by atoms with Crippen molar-refractivity contribution in [1.82, 2.24) is 5.32 Å². The van der Waals surface area contributed by atoms with Crippen LogP contribution in [0.2, 0.25) is 0 Å². The topological polar surface area (TPSA) is 75.6 Å². The molecule has 0 saturated heterocycles. The molecule has 0 bridgehead atoms. The minimum atomic E-state index is -4.26. The molecule has 0 aromatic heterocycles. The van der Waals surface area contributed by atoms with E-state index in [1.807, 2.05) is 0 Å². The van der Waals surface area contributed by atoms with E-state index in [0.29, 0.717) is 13.0 Å². The van der Waals surface area contributed by atoms with Gasteiger partial charge in [-0.15, -0.1) is 0 Å². The molecule has 0 unspecified atom stereocenters. The highest BCUT2D eigenvalue weighted by atomic mass is 32.3. The van der Waals surface area contributed by atoms with E-state index in [0.717, 1.165) is 13.0 Å². The summed E-state index contributed by atoms with van der Waals surface area (Å²) in [5, 5.41) is 3.17. The lowest BCUT2D eigenvalue weighted by molar-refractivity contribution is 0.264. The summed E-state index contributed by atoms with van der Waals surface area (Å²) in [7, 11) is -4.26. The molecule has 0 amide bonds. The zero-order valence-electron chi connectivity index (χ0n) is 9.24. The van der Waals surface area contributed by atoms with Crippen molar-refractivity contribution in [2.24, 2.45) is 0 Å². The number of nitrogens with one attached hydrogen (secondary N) is 1. The summed E-state index contributed by atoms with van der Waals surface area (Å²) in [6.07, 6.45) is 5.43. The second-order valence-corrected chi connectivity index (χ2v) is 4.51. The number of hydrogen-bond donors (Lipinski definition) is 2. The van der Waals surface area contributed by atoms with E-state index in [-0.39, 0.29) is 6.61 Å². The van der Waals surface area contributed by atoms with Crippen molar-refractivity contribution in [2.75, 3.05) is 19.7 Å². The normalized spacial score (nSPS) is 11.9. The standard InChI is InChI=1S/C9H21NO4S/c1-2-3-4-5-7-10-8-6-9-14-15(11,12)13/h10H,2-9H2,1H3,(H,11,12,13). The maximum Gasteiger partial charge on any atom is 0.397 e. The Hall–Kier alpha value is -0.170. The Morgan fingerprint density at radius 3 is 2.40 bits per heavy atom. The van der Waals surface area contributed by atoms with Gasteiger partial charge in [-0.2, -0.15) is 8.42 Å². The van der Waals surface area contributed by atoms with Gasteiger partial charge in [0.1, 0.15) is 0 Å². The molecule has 0 aliphatic rings. The van der Waals surface area contributed by atoms with Crippen molar-refractivity contribution in [2.45, 2.75) is 39.0 Å². The van der Waals surface area contributed by atoms with E-state index in [4.69, 9.17) is 4.55 Å². The van der Waals surface area contributed by atoms with Gasteiger partial charge in [-0.3, -0.25) is 4.55 Å². The maximum atomic E-state index is 10.2. The van der Waals surface area contributed by atoms with Gasteiger partial charge in [-0.25, -0.2) is 4.18 Å². The van der Waals surface area contributed by atoms with Gasteiger partial charge >= 0.3 is 10.4 Å². The van der Waals surface area contributed by atoms with Crippen LogP contribution in [0.5, 0.6) is 0 Å². The number of hydrogen-bond acceptors (Lipinski definition) is 4. The second-order valence-electron chi connectivity index (χ2n) is 3.41. The summed E-state index contributed by atoms with van der Waals surface area (Å²) in [4.78, 5) is 0. The molecule has 0 aliphatic heterocycles. The van der Waals surface area contributed by atoms with Crippen LogP contribution in [0.15, 0.2) is 0 Å². The Morgan fingerprint density at radius 2 is 1.80 bits per heavy atom. The number of unbranched alkanes of at least 4 members (excludes halogenated alkanes) is 3. The summed E-state index contributed by atoms with van der Waals surface area (Å²) < 4.78 is 32.7. The predicted octanol–water partition coefficient (Wildman–Crippen LogP) is 1.37. The molecule has 0 fully saturated rings. The van der Waals surface area contributed by atoms with Crippen LogP contribution in [0.1, 0.15) is 39.0 Å². The first-order valence-corrected chi connectivity index (χ1v) is 6.75. The first-order chi connectivity index (χ1) is 7.06. The van der Waals surface area contributed by atoms with E-state index in [2.05, 4.69) is 16.4 Å². The highest BCUT2D eigenvalue weighted by molar-refractivity contribution is 7.80.